The molecule has 2 fully saturated rings. The van der Waals surface area contributed by atoms with Gasteiger partial charge in [-0.3, -0.25) is 14.9 Å². The van der Waals surface area contributed by atoms with Crippen molar-refractivity contribution >= 4 is 24.0 Å². The number of para-hydroxylation sites is 1. The van der Waals surface area contributed by atoms with Crippen LogP contribution in [0.3, 0.4) is 0 Å². The van der Waals surface area contributed by atoms with E-state index in [1.807, 2.05) is 13.0 Å². The lowest BCUT2D eigenvalue weighted by atomic mass is 9.48. The standard InChI is InChI=1S/C27H30N2O7/c1-17-8-11-22-26(2,20(17)10-9-18-13-15-35-24(18)31)14-12-23(27(22,3)28-16-30)36-25(32)19-6-4-5-7-21(19)29(33)34/h4-7,9-10,13,16,20,22-23H,1,8,11-12,14-15H2,2-3H3,(H,28,30)/t20-,22+,23-,26-,27-/m1/s1. The van der Waals surface area contributed by atoms with Gasteiger partial charge in [0, 0.05) is 12.0 Å². The Morgan fingerprint density at radius 3 is 2.72 bits per heavy atom. The van der Waals surface area contributed by atoms with Gasteiger partial charge in [-0.25, -0.2) is 9.59 Å². The topological polar surface area (TPSA) is 125 Å². The number of amides is 1. The van der Waals surface area contributed by atoms with Crippen molar-refractivity contribution in [2.75, 3.05) is 6.61 Å². The number of nitrogens with one attached hydrogen (secondary N) is 1. The van der Waals surface area contributed by atoms with Crippen molar-refractivity contribution in [1.29, 1.82) is 0 Å². The predicted octanol–water partition coefficient (Wildman–Crippen LogP) is 4.05. The van der Waals surface area contributed by atoms with Crippen molar-refractivity contribution in [2.45, 2.75) is 51.2 Å². The average molecular weight is 495 g/mol. The van der Waals surface area contributed by atoms with Crippen LogP contribution in [0.25, 0.3) is 0 Å². The predicted molar refractivity (Wildman–Crippen MR) is 131 cm³/mol. The number of allylic oxidation sites excluding steroid dienone is 2. The Kier molecular flexibility index (Phi) is 6.84. The van der Waals surface area contributed by atoms with E-state index in [0.717, 1.165) is 12.0 Å². The van der Waals surface area contributed by atoms with Crippen LogP contribution in [-0.4, -0.2) is 41.5 Å². The van der Waals surface area contributed by atoms with Gasteiger partial charge in [0.1, 0.15) is 18.3 Å². The van der Waals surface area contributed by atoms with Crippen LogP contribution in [0.1, 0.15) is 49.9 Å². The number of nitrogens with zero attached hydrogens (tertiary/aromatic N) is 1. The minimum Gasteiger partial charge on any atom is -0.458 e. The van der Waals surface area contributed by atoms with Gasteiger partial charge in [0.15, 0.2) is 0 Å². The van der Waals surface area contributed by atoms with Crippen LogP contribution in [0.4, 0.5) is 5.69 Å². The summed E-state index contributed by atoms with van der Waals surface area (Å²) in [7, 11) is 0. The summed E-state index contributed by atoms with van der Waals surface area (Å²) in [5.41, 5.74) is -0.144. The van der Waals surface area contributed by atoms with Crippen LogP contribution in [0, 0.1) is 27.4 Å². The summed E-state index contributed by atoms with van der Waals surface area (Å²) in [5, 5.41) is 14.4. The van der Waals surface area contributed by atoms with Crippen molar-refractivity contribution in [3.8, 4) is 0 Å². The Morgan fingerprint density at radius 1 is 1.31 bits per heavy atom. The molecule has 0 radical (unpaired) electrons. The van der Waals surface area contributed by atoms with Gasteiger partial charge in [0.2, 0.25) is 6.41 Å². The molecule has 1 aromatic carbocycles. The number of fused-ring (bicyclic) bond motifs is 1. The fourth-order valence-electron chi connectivity index (χ4n) is 6.34. The van der Waals surface area contributed by atoms with Gasteiger partial charge in [0.05, 0.1) is 16.0 Å². The van der Waals surface area contributed by atoms with E-state index in [-0.39, 0.29) is 41.1 Å². The number of cyclic esters (lactones) is 1. The molecule has 4 rings (SSSR count). The number of carbonyl (C=O) groups is 3. The lowest BCUT2D eigenvalue weighted by molar-refractivity contribution is -0.385. The van der Waals surface area contributed by atoms with E-state index in [9.17, 15) is 24.5 Å². The number of carbonyl (C=O) groups excluding carboxylic acids is 3. The molecule has 2 aliphatic carbocycles. The maximum absolute atomic E-state index is 13.0. The second-order valence-corrected chi connectivity index (χ2v) is 10.1. The maximum Gasteiger partial charge on any atom is 0.345 e. The highest BCUT2D eigenvalue weighted by molar-refractivity contribution is 5.94. The summed E-state index contributed by atoms with van der Waals surface area (Å²) in [4.78, 5) is 47.5. The van der Waals surface area contributed by atoms with E-state index < -0.39 is 22.5 Å². The first-order valence-electron chi connectivity index (χ1n) is 12.0. The molecule has 190 valence electrons. The zero-order valence-electron chi connectivity index (χ0n) is 20.4. The number of hydrogen-bond donors (Lipinski definition) is 1. The molecule has 3 aliphatic rings. The summed E-state index contributed by atoms with van der Waals surface area (Å²) in [5.74, 6) is -1.30. The second kappa shape index (κ2) is 9.72. The lowest BCUT2D eigenvalue weighted by Gasteiger charge is -2.59. The number of nitro benzene ring substituents is 1. The Labute approximate surface area is 209 Å². The van der Waals surface area contributed by atoms with Gasteiger partial charge < -0.3 is 14.8 Å². The zero-order valence-corrected chi connectivity index (χ0v) is 20.4. The van der Waals surface area contributed by atoms with Crippen LogP contribution in [0.15, 0.2) is 60.2 Å². The normalized spacial score (nSPS) is 31.8. The average Bonchev–Trinajstić information content (AvgIpc) is 3.25. The van der Waals surface area contributed by atoms with Gasteiger partial charge in [0.25, 0.3) is 5.69 Å². The molecule has 0 bridgehead atoms. The number of rotatable bonds is 7. The van der Waals surface area contributed by atoms with Crippen LogP contribution < -0.4 is 5.32 Å². The summed E-state index contributed by atoms with van der Waals surface area (Å²) in [6.45, 7) is 8.57. The van der Waals surface area contributed by atoms with Gasteiger partial charge >= 0.3 is 11.9 Å². The van der Waals surface area contributed by atoms with Crippen molar-refractivity contribution in [3.63, 3.8) is 0 Å². The summed E-state index contributed by atoms with van der Waals surface area (Å²) < 4.78 is 10.9. The first kappa shape index (κ1) is 25.3. The molecular weight excluding hydrogens is 464 g/mol. The third-order valence-electron chi connectivity index (χ3n) is 8.20. The number of hydrogen-bond acceptors (Lipinski definition) is 7. The van der Waals surface area contributed by atoms with E-state index in [2.05, 4.69) is 18.8 Å². The first-order valence-corrected chi connectivity index (χ1v) is 12.0. The summed E-state index contributed by atoms with van der Waals surface area (Å²) in [6, 6.07) is 5.66. The molecule has 1 N–H and O–H groups in total. The van der Waals surface area contributed by atoms with Gasteiger partial charge in [-0.05, 0) is 56.1 Å². The van der Waals surface area contributed by atoms with Crippen molar-refractivity contribution in [3.05, 3.63) is 75.9 Å². The Bertz CT molecular complexity index is 1170. The molecule has 36 heavy (non-hydrogen) atoms. The quantitative estimate of drug-likeness (QED) is 0.199. The highest BCUT2D eigenvalue weighted by Crippen LogP contribution is 2.59. The van der Waals surface area contributed by atoms with E-state index in [1.165, 1.54) is 18.2 Å². The lowest BCUT2D eigenvalue weighted by Crippen LogP contribution is -2.66. The monoisotopic (exact) mass is 494 g/mol. The van der Waals surface area contributed by atoms with E-state index in [0.29, 0.717) is 31.2 Å². The van der Waals surface area contributed by atoms with Crippen LogP contribution in [-0.2, 0) is 19.1 Å². The first-order chi connectivity index (χ1) is 17.1. The maximum atomic E-state index is 13.0. The van der Waals surface area contributed by atoms with Crippen LogP contribution in [0.5, 0.6) is 0 Å². The highest BCUT2D eigenvalue weighted by atomic mass is 16.6. The molecule has 0 aromatic heterocycles. The molecule has 1 amide bonds. The fourth-order valence-corrected chi connectivity index (χ4v) is 6.34. The number of ether oxygens (including phenoxy) is 2. The van der Waals surface area contributed by atoms with Crippen LogP contribution >= 0.6 is 0 Å². The third-order valence-corrected chi connectivity index (χ3v) is 8.20. The molecule has 1 aromatic rings. The molecule has 0 saturated heterocycles. The minimum atomic E-state index is -0.910. The minimum absolute atomic E-state index is 0.0646. The largest absolute Gasteiger partial charge is 0.458 e. The molecule has 0 spiro atoms. The molecule has 9 heteroatoms. The van der Waals surface area contributed by atoms with Crippen molar-refractivity contribution in [1.82, 2.24) is 5.32 Å². The summed E-state index contributed by atoms with van der Waals surface area (Å²) in [6.07, 6.45) is 7.99. The molecule has 5 atom stereocenters. The SMILES string of the molecule is C=C1CC[C@H]2[C@](C)(CC[C@@H](OC(=O)c3ccccc3[N+](=O)[O-])[C@]2(C)NC=O)[C@@H]1C=CC1=CCOC1=O. The Morgan fingerprint density at radius 2 is 2.06 bits per heavy atom. The molecule has 9 nitrogen and oxygen atoms in total. The smallest absolute Gasteiger partial charge is 0.345 e. The molecule has 0 unspecified atom stereocenters. The Hall–Kier alpha value is -3.75. The highest BCUT2D eigenvalue weighted by Gasteiger charge is 2.59. The third kappa shape index (κ3) is 4.34. The molecule has 1 aliphatic heterocycles. The Balaban J connectivity index is 1.63. The summed E-state index contributed by atoms with van der Waals surface area (Å²) >= 11 is 0. The van der Waals surface area contributed by atoms with E-state index >= 15 is 0 Å². The molecule has 1 heterocycles. The van der Waals surface area contributed by atoms with Crippen molar-refractivity contribution in [2.24, 2.45) is 17.3 Å². The number of benzene rings is 1. The van der Waals surface area contributed by atoms with E-state index in [4.69, 9.17) is 9.47 Å². The van der Waals surface area contributed by atoms with Gasteiger partial charge in [-0.1, -0.05) is 43.4 Å². The van der Waals surface area contributed by atoms with Gasteiger partial charge in [-0.2, -0.15) is 0 Å². The van der Waals surface area contributed by atoms with Gasteiger partial charge in [-0.15, -0.1) is 0 Å². The zero-order chi connectivity index (χ0) is 26.1. The second-order valence-electron chi connectivity index (χ2n) is 10.1. The number of nitro groups is 1. The van der Waals surface area contributed by atoms with Crippen molar-refractivity contribution < 1.29 is 28.8 Å². The fraction of sp³-hybridized carbons (Fsp3) is 0.444. The molecular formula is C27H30N2O7. The van der Waals surface area contributed by atoms with E-state index in [1.54, 1.807) is 18.2 Å². The molecule has 2 saturated carbocycles. The number of esters is 2. The van der Waals surface area contributed by atoms with Crippen LogP contribution in [0.2, 0.25) is 0 Å².